The van der Waals surface area contributed by atoms with Gasteiger partial charge in [-0.15, -0.1) is 0 Å². The fraction of sp³-hybridized carbons (Fsp3) is 0.238. The lowest BCUT2D eigenvalue weighted by Crippen LogP contribution is -2.12. The molecule has 0 aliphatic carbocycles. The molecule has 0 atom stereocenters. The summed E-state index contributed by atoms with van der Waals surface area (Å²) in [5.41, 5.74) is 0.0990. The highest BCUT2D eigenvalue weighted by molar-refractivity contribution is 6.03. The number of unbranched alkanes of at least 4 members (excludes halogenated alkanes) is 1. The Balaban J connectivity index is 0.000000296. The summed E-state index contributed by atoms with van der Waals surface area (Å²) in [5.74, 6) is -3.48. The minimum Gasteiger partial charge on any atom is -0.478 e. The van der Waals surface area contributed by atoms with Crippen LogP contribution < -0.4 is 0 Å². The lowest BCUT2D eigenvalue weighted by molar-refractivity contribution is 0.0489. The molecular formula is C21H22O8. The van der Waals surface area contributed by atoms with Crippen LogP contribution in [0.3, 0.4) is 0 Å². The van der Waals surface area contributed by atoms with E-state index in [0.29, 0.717) is 6.61 Å². The average molecular weight is 402 g/mol. The number of carboxylic acids is 2. The first-order chi connectivity index (χ1) is 13.8. The maximum absolute atomic E-state index is 11.6. The summed E-state index contributed by atoms with van der Waals surface area (Å²) in [6, 6.07) is 11.9. The van der Waals surface area contributed by atoms with Crippen molar-refractivity contribution in [1.29, 1.82) is 0 Å². The molecule has 154 valence electrons. The monoisotopic (exact) mass is 402 g/mol. The van der Waals surface area contributed by atoms with Crippen molar-refractivity contribution in [3.63, 3.8) is 0 Å². The van der Waals surface area contributed by atoms with Crippen LogP contribution in [0.5, 0.6) is 0 Å². The van der Waals surface area contributed by atoms with E-state index in [9.17, 15) is 19.2 Å². The normalized spacial score (nSPS) is 9.59. The van der Waals surface area contributed by atoms with Crippen molar-refractivity contribution in [2.75, 3.05) is 13.7 Å². The van der Waals surface area contributed by atoms with E-state index in [2.05, 4.69) is 4.74 Å². The second-order valence-electron chi connectivity index (χ2n) is 5.68. The Bertz CT molecular complexity index is 872. The van der Waals surface area contributed by atoms with Gasteiger partial charge in [0.25, 0.3) is 0 Å². The number of hydrogen-bond acceptors (Lipinski definition) is 6. The van der Waals surface area contributed by atoms with E-state index in [0.717, 1.165) is 12.8 Å². The summed E-state index contributed by atoms with van der Waals surface area (Å²) in [4.78, 5) is 44.1. The van der Waals surface area contributed by atoms with Crippen LogP contribution in [0.1, 0.15) is 61.2 Å². The highest BCUT2D eigenvalue weighted by Crippen LogP contribution is 2.11. The van der Waals surface area contributed by atoms with Crippen molar-refractivity contribution < 1.29 is 38.9 Å². The van der Waals surface area contributed by atoms with Gasteiger partial charge in [-0.2, -0.15) is 0 Å². The third-order valence-corrected chi connectivity index (χ3v) is 3.67. The first-order valence-electron chi connectivity index (χ1n) is 8.73. The van der Waals surface area contributed by atoms with Crippen LogP contribution in [0, 0.1) is 0 Å². The molecule has 0 radical (unpaired) electrons. The van der Waals surface area contributed by atoms with Crippen molar-refractivity contribution in [2.24, 2.45) is 0 Å². The molecule has 2 N–H and O–H groups in total. The van der Waals surface area contributed by atoms with Crippen LogP contribution >= 0.6 is 0 Å². The number of carboxylic acid groups (broad SMARTS) is 2. The number of ether oxygens (including phenoxy) is 2. The molecule has 0 saturated carbocycles. The Hall–Kier alpha value is -3.68. The molecule has 8 heteroatoms. The maximum atomic E-state index is 11.6. The van der Waals surface area contributed by atoms with E-state index >= 15 is 0 Å². The predicted octanol–water partition coefficient (Wildman–Crippen LogP) is 3.51. The second kappa shape index (κ2) is 11.9. The van der Waals surface area contributed by atoms with E-state index < -0.39 is 23.9 Å². The van der Waals surface area contributed by atoms with Gasteiger partial charge in [-0.1, -0.05) is 37.6 Å². The molecule has 8 nitrogen and oxygen atoms in total. The van der Waals surface area contributed by atoms with Gasteiger partial charge in [-0.25, -0.2) is 19.2 Å². The molecule has 0 heterocycles. The minimum atomic E-state index is -1.14. The fourth-order valence-electron chi connectivity index (χ4n) is 2.19. The molecule has 0 bridgehead atoms. The number of carbonyl (C=O) groups excluding carboxylic acids is 2. The summed E-state index contributed by atoms with van der Waals surface area (Å²) in [7, 11) is 1.21. The summed E-state index contributed by atoms with van der Waals surface area (Å²) in [6.07, 6.45) is 1.70. The van der Waals surface area contributed by atoms with Gasteiger partial charge in [-0.05, 0) is 30.7 Å². The highest BCUT2D eigenvalue weighted by Gasteiger charge is 2.16. The van der Waals surface area contributed by atoms with Gasteiger partial charge in [0.2, 0.25) is 0 Å². The quantitative estimate of drug-likeness (QED) is 0.532. The summed E-state index contributed by atoms with van der Waals surface area (Å²) in [5, 5.41) is 17.6. The predicted molar refractivity (Wildman–Crippen MR) is 103 cm³/mol. The van der Waals surface area contributed by atoms with Gasteiger partial charge in [-0.3, -0.25) is 0 Å². The van der Waals surface area contributed by atoms with Crippen LogP contribution in [0.4, 0.5) is 0 Å². The molecule has 2 rings (SSSR count). The smallest absolute Gasteiger partial charge is 0.339 e. The molecule has 0 aromatic heterocycles. The molecule has 0 aliphatic heterocycles. The van der Waals surface area contributed by atoms with Crippen LogP contribution in [0.2, 0.25) is 0 Å². The second-order valence-corrected chi connectivity index (χ2v) is 5.68. The number of hydrogen-bond donors (Lipinski definition) is 2. The van der Waals surface area contributed by atoms with E-state index in [-0.39, 0.29) is 22.3 Å². The maximum Gasteiger partial charge on any atom is 0.339 e. The summed E-state index contributed by atoms with van der Waals surface area (Å²) in [6.45, 7) is 2.31. The Morgan fingerprint density at radius 2 is 1.17 bits per heavy atom. The standard InChI is InChI=1S/C12H14O4.C9H8O4/c1-2-3-8-16-12(15)10-7-5-4-6-9(10)11(13)14;1-13-9(12)7-5-3-2-4-6(7)8(10)11/h4-7H,2-3,8H2,1H3,(H,13,14);2-5H,1H3,(H,10,11). The zero-order valence-corrected chi connectivity index (χ0v) is 16.1. The Kier molecular flexibility index (Phi) is 9.60. The number of aromatic carboxylic acids is 2. The van der Waals surface area contributed by atoms with Crippen LogP contribution in [0.15, 0.2) is 48.5 Å². The lowest BCUT2D eigenvalue weighted by Gasteiger charge is -2.06. The van der Waals surface area contributed by atoms with Crippen LogP contribution in [0.25, 0.3) is 0 Å². The molecule has 0 unspecified atom stereocenters. The minimum absolute atomic E-state index is 0.0241. The fourth-order valence-corrected chi connectivity index (χ4v) is 2.19. The van der Waals surface area contributed by atoms with Gasteiger partial charge >= 0.3 is 23.9 Å². The summed E-state index contributed by atoms with van der Waals surface area (Å²) < 4.78 is 9.38. The number of benzene rings is 2. The SMILES string of the molecule is CCCCOC(=O)c1ccccc1C(=O)O.COC(=O)c1ccccc1C(=O)O. The number of rotatable bonds is 7. The Labute approximate surface area is 167 Å². The van der Waals surface area contributed by atoms with Gasteiger partial charge in [0, 0.05) is 0 Å². The molecule has 2 aromatic rings. The molecule has 2 aromatic carbocycles. The van der Waals surface area contributed by atoms with Gasteiger partial charge < -0.3 is 19.7 Å². The van der Waals surface area contributed by atoms with Gasteiger partial charge in [0.05, 0.1) is 36.0 Å². The van der Waals surface area contributed by atoms with E-state index in [1.165, 1.54) is 31.4 Å². The molecule has 0 spiro atoms. The molecular weight excluding hydrogens is 380 g/mol. The van der Waals surface area contributed by atoms with Crippen LogP contribution in [-0.4, -0.2) is 47.8 Å². The number of carbonyl (C=O) groups is 4. The number of esters is 2. The van der Waals surface area contributed by atoms with Crippen molar-refractivity contribution in [3.8, 4) is 0 Å². The highest BCUT2D eigenvalue weighted by atomic mass is 16.5. The summed E-state index contributed by atoms with van der Waals surface area (Å²) >= 11 is 0. The average Bonchev–Trinajstić information content (AvgIpc) is 2.73. The van der Waals surface area contributed by atoms with Crippen molar-refractivity contribution in [2.45, 2.75) is 19.8 Å². The molecule has 0 aliphatic rings. The number of methoxy groups -OCH3 is 1. The zero-order valence-electron chi connectivity index (χ0n) is 16.1. The molecule has 29 heavy (non-hydrogen) atoms. The first kappa shape index (κ1) is 23.4. The first-order valence-corrected chi connectivity index (χ1v) is 8.73. The van der Waals surface area contributed by atoms with Crippen molar-refractivity contribution >= 4 is 23.9 Å². The van der Waals surface area contributed by atoms with E-state index in [4.69, 9.17) is 14.9 Å². The van der Waals surface area contributed by atoms with E-state index in [1.54, 1.807) is 24.3 Å². The molecule has 0 amide bonds. The molecule has 0 fully saturated rings. The third-order valence-electron chi connectivity index (χ3n) is 3.67. The van der Waals surface area contributed by atoms with Crippen LogP contribution in [-0.2, 0) is 9.47 Å². The third kappa shape index (κ3) is 7.10. The Morgan fingerprint density at radius 3 is 1.55 bits per heavy atom. The largest absolute Gasteiger partial charge is 0.478 e. The van der Waals surface area contributed by atoms with Crippen molar-refractivity contribution in [3.05, 3.63) is 70.8 Å². The van der Waals surface area contributed by atoms with E-state index in [1.807, 2.05) is 6.92 Å². The Morgan fingerprint density at radius 1 is 0.759 bits per heavy atom. The van der Waals surface area contributed by atoms with Gasteiger partial charge in [0.1, 0.15) is 0 Å². The van der Waals surface area contributed by atoms with Crippen molar-refractivity contribution in [1.82, 2.24) is 0 Å². The van der Waals surface area contributed by atoms with Gasteiger partial charge in [0.15, 0.2) is 0 Å². The molecule has 0 saturated heterocycles. The lowest BCUT2D eigenvalue weighted by atomic mass is 10.1. The topological polar surface area (TPSA) is 127 Å². The zero-order chi connectivity index (χ0) is 21.8.